The zero-order chi connectivity index (χ0) is 13.5. The molecule has 0 bridgehead atoms. The summed E-state index contributed by atoms with van der Waals surface area (Å²) < 4.78 is 0. The first-order valence-corrected chi connectivity index (χ1v) is 7.39. The van der Waals surface area contributed by atoms with Gasteiger partial charge in [-0.05, 0) is 31.0 Å². The third kappa shape index (κ3) is 4.27. The van der Waals surface area contributed by atoms with Crippen molar-refractivity contribution in [1.29, 1.82) is 0 Å². The zero-order valence-electron chi connectivity index (χ0n) is 12.0. The highest BCUT2D eigenvalue weighted by atomic mass is 15.3. The van der Waals surface area contributed by atoms with Crippen LogP contribution in [0, 0.1) is 0 Å². The monoisotopic (exact) mass is 262 g/mol. The van der Waals surface area contributed by atoms with E-state index in [1.54, 1.807) is 0 Å². The van der Waals surface area contributed by atoms with Crippen molar-refractivity contribution >= 4 is 0 Å². The minimum absolute atomic E-state index is 0.672. The third-order valence-electron chi connectivity index (χ3n) is 4.02. The summed E-state index contributed by atoms with van der Waals surface area (Å²) in [6, 6.07) is 4.84. The minimum Gasteiger partial charge on any atom is -0.330 e. The summed E-state index contributed by atoms with van der Waals surface area (Å²) >= 11 is 0. The maximum Gasteiger partial charge on any atom is 0.0312 e. The Bertz CT molecular complexity index is 346. The van der Waals surface area contributed by atoms with Gasteiger partial charge in [-0.15, -0.1) is 0 Å². The van der Waals surface area contributed by atoms with Crippen molar-refractivity contribution in [1.82, 2.24) is 14.8 Å². The van der Waals surface area contributed by atoms with Gasteiger partial charge in [0.25, 0.3) is 0 Å². The van der Waals surface area contributed by atoms with E-state index in [0.29, 0.717) is 6.04 Å². The lowest BCUT2D eigenvalue weighted by Crippen LogP contribution is -2.50. The van der Waals surface area contributed by atoms with Crippen molar-refractivity contribution in [2.75, 3.05) is 32.7 Å². The van der Waals surface area contributed by atoms with Gasteiger partial charge in [0.05, 0.1) is 0 Å². The van der Waals surface area contributed by atoms with Gasteiger partial charge in [-0.25, -0.2) is 0 Å². The van der Waals surface area contributed by atoms with Gasteiger partial charge in [0.1, 0.15) is 0 Å². The lowest BCUT2D eigenvalue weighted by Gasteiger charge is -2.39. The summed E-state index contributed by atoms with van der Waals surface area (Å²) in [5.74, 6) is 0. The van der Waals surface area contributed by atoms with Gasteiger partial charge >= 0.3 is 0 Å². The first-order valence-electron chi connectivity index (χ1n) is 7.39. The predicted molar refractivity (Wildman–Crippen MR) is 78.8 cm³/mol. The van der Waals surface area contributed by atoms with Crippen LogP contribution in [0.25, 0.3) is 0 Å². The molecule has 1 atom stereocenters. The van der Waals surface area contributed by atoms with Crippen LogP contribution >= 0.6 is 0 Å². The summed E-state index contributed by atoms with van der Waals surface area (Å²) in [6.45, 7) is 8.72. The Balaban J connectivity index is 1.79. The maximum atomic E-state index is 5.70. The van der Waals surface area contributed by atoms with Crippen LogP contribution < -0.4 is 5.73 Å². The smallest absolute Gasteiger partial charge is 0.0312 e. The van der Waals surface area contributed by atoms with Crippen molar-refractivity contribution in [3.05, 3.63) is 30.1 Å². The van der Waals surface area contributed by atoms with Crippen molar-refractivity contribution in [3.63, 3.8) is 0 Å². The van der Waals surface area contributed by atoms with Gasteiger partial charge in [-0.3, -0.25) is 14.8 Å². The van der Waals surface area contributed by atoms with E-state index >= 15 is 0 Å². The average Bonchev–Trinajstić information content (AvgIpc) is 2.47. The predicted octanol–water partition coefficient (Wildman–Crippen LogP) is 1.33. The van der Waals surface area contributed by atoms with Crippen molar-refractivity contribution < 1.29 is 0 Å². The number of piperazine rings is 1. The lowest BCUT2D eigenvalue weighted by atomic mass is 10.1. The topological polar surface area (TPSA) is 45.4 Å². The fraction of sp³-hybridized carbons (Fsp3) is 0.667. The molecule has 19 heavy (non-hydrogen) atoms. The fourth-order valence-electron chi connectivity index (χ4n) is 2.87. The second-order valence-corrected chi connectivity index (χ2v) is 5.31. The van der Waals surface area contributed by atoms with E-state index in [1.165, 1.54) is 25.1 Å². The summed E-state index contributed by atoms with van der Waals surface area (Å²) in [5.41, 5.74) is 7.01. The highest BCUT2D eigenvalue weighted by Crippen LogP contribution is 2.13. The Morgan fingerprint density at radius 2 is 2.11 bits per heavy atom. The molecule has 4 heteroatoms. The highest BCUT2D eigenvalue weighted by Gasteiger charge is 2.22. The van der Waals surface area contributed by atoms with Crippen LogP contribution in [0.4, 0.5) is 0 Å². The first kappa shape index (κ1) is 14.4. The molecule has 4 nitrogen and oxygen atoms in total. The van der Waals surface area contributed by atoms with Crippen LogP contribution in [-0.2, 0) is 6.54 Å². The standard InChI is InChI=1S/C15H26N4/c1-2-15(5-6-16)19-10-8-18(9-11-19)13-14-4-3-7-17-12-14/h3-4,7,12,15H,2,5-6,8-11,13,16H2,1H3. The number of rotatable bonds is 6. The summed E-state index contributed by atoms with van der Waals surface area (Å²) in [6.07, 6.45) is 6.13. The van der Waals surface area contributed by atoms with E-state index in [2.05, 4.69) is 27.8 Å². The zero-order valence-corrected chi connectivity index (χ0v) is 12.0. The number of hydrogen-bond acceptors (Lipinski definition) is 4. The van der Waals surface area contributed by atoms with E-state index in [4.69, 9.17) is 5.73 Å². The van der Waals surface area contributed by atoms with Crippen molar-refractivity contribution in [3.8, 4) is 0 Å². The van der Waals surface area contributed by atoms with Crippen LogP contribution in [0.3, 0.4) is 0 Å². The van der Waals surface area contributed by atoms with E-state index in [1.807, 2.05) is 18.5 Å². The minimum atomic E-state index is 0.672. The van der Waals surface area contributed by atoms with Gasteiger partial charge < -0.3 is 5.73 Å². The first-order chi connectivity index (χ1) is 9.33. The molecule has 0 spiro atoms. The molecule has 1 fully saturated rings. The molecule has 2 N–H and O–H groups in total. The molecule has 0 aromatic carbocycles. The van der Waals surface area contributed by atoms with E-state index in [9.17, 15) is 0 Å². The molecule has 1 aromatic rings. The molecule has 1 saturated heterocycles. The van der Waals surface area contributed by atoms with Crippen LogP contribution in [0.2, 0.25) is 0 Å². The van der Waals surface area contributed by atoms with E-state index < -0.39 is 0 Å². The van der Waals surface area contributed by atoms with E-state index in [0.717, 1.165) is 32.6 Å². The number of pyridine rings is 1. The van der Waals surface area contributed by atoms with Crippen LogP contribution in [0.5, 0.6) is 0 Å². The number of hydrogen-bond donors (Lipinski definition) is 1. The molecule has 0 radical (unpaired) electrons. The molecule has 1 aromatic heterocycles. The van der Waals surface area contributed by atoms with Gasteiger partial charge in [0, 0.05) is 51.2 Å². The summed E-state index contributed by atoms with van der Waals surface area (Å²) in [7, 11) is 0. The van der Waals surface area contributed by atoms with Crippen molar-refractivity contribution in [2.24, 2.45) is 5.73 Å². The second-order valence-electron chi connectivity index (χ2n) is 5.31. The fourth-order valence-corrected chi connectivity index (χ4v) is 2.87. The normalized spacial score (nSPS) is 19.5. The Labute approximate surface area is 116 Å². The molecular formula is C15H26N4. The Kier molecular flexibility index (Phi) is 5.76. The molecule has 2 heterocycles. The van der Waals surface area contributed by atoms with Gasteiger partial charge in [0.15, 0.2) is 0 Å². The molecule has 0 saturated carbocycles. The second kappa shape index (κ2) is 7.58. The molecule has 106 valence electrons. The van der Waals surface area contributed by atoms with Gasteiger partial charge in [-0.1, -0.05) is 13.0 Å². The molecule has 0 amide bonds. The quantitative estimate of drug-likeness (QED) is 0.840. The summed E-state index contributed by atoms with van der Waals surface area (Å²) in [5, 5.41) is 0. The number of aromatic nitrogens is 1. The average molecular weight is 262 g/mol. The van der Waals surface area contributed by atoms with Crippen LogP contribution in [0.15, 0.2) is 24.5 Å². The molecular weight excluding hydrogens is 236 g/mol. The Morgan fingerprint density at radius 3 is 2.68 bits per heavy atom. The molecule has 1 aliphatic rings. The van der Waals surface area contributed by atoms with Gasteiger partial charge in [-0.2, -0.15) is 0 Å². The van der Waals surface area contributed by atoms with Crippen LogP contribution in [-0.4, -0.2) is 53.5 Å². The lowest BCUT2D eigenvalue weighted by molar-refractivity contribution is 0.0870. The summed E-state index contributed by atoms with van der Waals surface area (Å²) in [4.78, 5) is 9.30. The van der Waals surface area contributed by atoms with Crippen LogP contribution in [0.1, 0.15) is 25.3 Å². The molecule has 1 aliphatic heterocycles. The molecule has 0 aliphatic carbocycles. The molecule has 2 rings (SSSR count). The third-order valence-corrected chi connectivity index (χ3v) is 4.02. The molecule has 1 unspecified atom stereocenters. The number of nitrogens with zero attached hydrogens (tertiary/aromatic N) is 3. The highest BCUT2D eigenvalue weighted by molar-refractivity contribution is 5.08. The SMILES string of the molecule is CCC(CCN)N1CCN(Cc2cccnc2)CC1. The largest absolute Gasteiger partial charge is 0.330 e. The Hall–Kier alpha value is -0.970. The number of nitrogens with two attached hydrogens (primary N) is 1. The van der Waals surface area contributed by atoms with Gasteiger partial charge in [0.2, 0.25) is 0 Å². The van der Waals surface area contributed by atoms with Crippen molar-refractivity contribution in [2.45, 2.75) is 32.4 Å². The maximum absolute atomic E-state index is 5.70. The van der Waals surface area contributed by atoms with E-state index in [-0.39, 0.29) is 0 Å². The Morgan fingerprint density at radius 1 is 1.32 bits per heavy atom.